The Morgan fingerprint density at radius 1 is 1.23 bits per heavy atom. The Labute approximate surface area is 129 Å². The van der Waals surface area contributed by atoms with E-state index in [1.165, 1.54) is 0 Å². The normalized spacial score (nSPS) is 9.50. The molecule has 7 nitrogen and oxygen atoms in total. The number of nitriles is 2. The second-order valence-corrected chi connectivity index (χ2v) is 4.79. The summed E-state index contributed by atoms with van der Waals surface area (Å²) in [6.07, 6.45) is 0.887. The highest BCUT2D eigenvalue weighted by Crippen LogP contribution is 2.09. The number of hydrogen-bond donors (Lipinski definition) is 2. The SMILES string of the molecule is CN(C)CCCNC(=O)c1ccc(NN=C(C#N)C#N)cc1. The van der Waals surface area contributed by atoms with Crippen molar-refractivity contribution in [2.45, 2.75) is 6.42 Å². The molecule has 0 radical (unpaired) electrons. The summed E-state index contributed by atoms with van der Waals surface area (Å²) >= 11 is 0. The number of benzene rings is 1. The molecule has 0 spiro atoms. The predicted octanol–water partition coefficient (Wildman–Crippen LogP) is 1.18. The minimum atomic E-state index is -0.261. The van der Waals surface area contributed by atoms with Crippen LogP contribution in [0.3, 0.4) is 0 Å². The van der Waals surface area contributed by atoms with Gasteiger partial charge in [0.25, 0.3) is 5.91 Å². The Hall–Kier alpha value is -2.90. The van der Waals surface area contributed by atoms with E-state index in [9.17, 15) is 4.79 Å². The van der Waals surface area contributed by atoms with Crippen LogP contribution < -0.4 is 10.7 Å². The Morgan fingerprint density at radius 3 is 2.41 bits per heavy atom. The van der Waals surface area contributed by atoms with E-state index >= 15 is 0 Å². The molecule has 0 saturated carbocycles. The zero-order chi connectivity index (χ0) is 16.4. The zero-order valence-corrected chi connectivity index (χ0v) is 12.6. The first-order chi connectivity index (χ1) is 10.6. The maximum atomic E-state index is 11.9. The number of rotatable bonds is 7. The molecule has 0 bridgehead atoms. The molecule has 0 aliphatic rings. The van der Waals surface area contributed by atoms with Gasteiger partial charge in [-0.25, -0.2) is 0 Å². The molecule has 0 atom stereocenters. The second kappa shape index (κ2) is 9.11. The maximum absolute atomic E-state index is 11.9. The summed E-state index contributed by atoms with van der Waals surface area (Å²) in [6.45, 7) is 1.54. The van der Waals surface area contributed by atoms with Crippen LogP contribution in [0.4, 0.5) is 5.69 Å². The van der Waals surface area contributed by atoms with Crippen LogP contribution in [-0.2, 0) is 0 Å². The van der Waals surface area contributed by atoms with Crippen molar-refractivity contribution in [3.63, 3.8) is 0 Å². The number of amides is 1. The molecule has 0 fully saturated rings. The fraction of sp³-hybridized carbons (Fsp3) is 0.333. The van der Waals surface area contributed by atoms with Crippen LogP contribution in [0, 0.1) is 22.7 Å². The van der Waals surface area contributed by atoms with Crippen molar-refractivity contribution >= 4 is 17.3 Å². The molecule has 0 aromatic heterocycles. The van der Waals surface area contributed by atoms with Crippen LogP contribution in [-0.4, -0.2) is 43.7 Å². The van der Waals surface area contributed by atoms with Gasteiger partial charge < -0.3 is 10.2 Å². The highest BCUT2D eigenvalue weighted by molar-refractivity contribution is 6.10. The molecular weight excluding hydrogens is 280 g/mol. The van der Waals surface area contributed by atoms with Gasteiger partial charge in [0, 0.05) is 12.1 Å². The van der Waals surface area contributed by atoms with Crippen molar-refractivity contribution < 1.29 is 4.79 Å². The van der Waals surface area contributed by atoms with E-state index in [2.05, 4.69) is 20.7 Å². The monoisotopic (exact) mass is 298 g/mol. The molecule has 0 unspecified atom stereocenters. The summed E-state index contributed by atoms with van der Waals surface area (Å²) in [4.78, 5) is 14.0. The topological polar surface area (TPSA) is 104 Å². The van der Waals surface area contributed by atoms with Crippen molar-refractivity contribution in [3.8, 4) is 12.1 Å². The molecule has 7 heteroatoms. The fourth-order valence-corrected chi connectivity index (χ4v) is 1.59. The fourth-order valence-electron chi connectivity index (χ4n) is 1.59. The van der Waals surface area contributed by atoms with Gasteiger partial charge in [-0.05, 0) is 51.3 Å². The third-order valence-corrected chi connectivity index (χ3v) is 2.72. The molecule has 1 aromatic carbocycles. The number of hydrogen-bond acceptors (Lipinski definition) is 6. The lowest BCUT2D eigenvalue weighted by atomic mass is 10.2. The van der Waals surface area contributed by atoms with E-state index in [1.54, 1.807) is 36.4 Å². The Kier molecular flexibility index (Phi) is 7.10. The molecule has 114 valence electrons. The summed E-state index contributed by atoms with van der Waals surface area (Å²) in [5.41, 5.74) is 3.45. The summed E-state index contributed by atoms with van der Waals surface area (Å²) in [5.74, 6) is -0.136. The third-order valence-electron chi connectivity index (χ3n) is 2.72. The van der Waals surface area contributed by atoms with Gasteiger partial charge in [-0.15, -0.1) is 0 Å². The predicted molar refractivity (Wildman–Crippen MR) is 84.2 cm³/mol. The lowest BCUT2D eigenvalue weighted by molar-refractivity contribution is 0.0952. The summed E-state index contributed by atoms with van der Waals surface area (Å²) in [6, 6.07) is 9.91. The van der Waals surface area contributed by atoms with Crippen molar-refractivity contribution in [3.05, 3.63) is 29.8 Å². The van der Waals surface area contributed by atoms with E-state index in [0.29, 0.717) is 17.8 Å². The van der Waals surface area contributed by atoms with Gasteiger partial charge in [0.05, 0.1) is 5.69 Å². The maximum Gasteiger partial charge on any atom is 0.251 e. The Morgan fingerprint density at radius 2 is 1.86 bits per heavy atom. The second-order valence-electron chi connectivity index (χ2n) is 4.79. The first kappa shape index (κ1) is 17.2. The van der Waals surface area contributed by atoms with Gasteiger partial charge in [-0.2, -0.15) is 15.6 Å². The van der Waals surface area contributed by atoms with Crippen LogP contribution in [0.2, 0.25) is 0 Å². The Balaban J connectivity index is 2.51. The van der Waals surface area contributed by atoms with E-state index in [1.807, 2.05) is 14.1 Å². The molecule has 0 aliphatic heterocycles. The number of nitrogens with one attached hydrogen (secondary N) is 2. The minimum absolute atomic E-state index is 0.136. The van der Waals surface area contributed by atoms with Gasteiger partial charge >= 0.3 is 0 Å². The van der Waals surface area contributed by atoms with E-state index < -0.39 is 0 Å². The lowest BCUT2D eigenvalue weighted by Gasteiger charge is -2.10. The average molecular weight is 298 g/mol. The number of carbonyl (C=O) groups excluding carboxylic acids is 1. The summed E-state index contributed by atoms with van der Waals surface area (Å²) < 4.78 is 0. The molecule has 1 amide bonds. The molecule has 22 heavy (non-hydrogen) atoms. The minimum Gasteiger partial charge on any atom is -0.352 e. The van der Waals surface area contributed by atoms with E-state index in [-0.39, 0.29) is 11.6 Å². The van der Waals surface area contributed by atoms with Gasteiger partial charge in [-0.1, -0.05) is 0 Å². The van der Waals surface area contributed by atoms with Crippen LogP contribution in [0.25, 0.3) is 0 Å². The standard InChI is InChI=1S/C15H18N6O/c1-21(2)9-3-8-18-15(22)12-4-6-13(7-5-12)19-20-14(10-16)11-17/h4-7,19H,3,8-9H2,1-2H3,(H,18,22). The van der Waals surface area contributed by atoms with E-state index in [4.69, 9.17) is 10.5 Å². The average Bonchev–Trinajstić information content (AvgIpc) is 2.52. The molecule has 2 N–H and O–H groups in total. The van der Waals surface area contributed by atoms with Crippen molar-refractivity contribution in [2.24, 2.45) is 5.10 Å². The number of hydrazone groups is 1. The van der Waals surface area contributed by atoms with Crippen LogP contribution in [0.1, 0.15) is 16.8 Å². The van der Waals surface area contributed by atoms with Gasteiger partial charge in [-0.3, -0.25) is 10.2 Å². The van der Waals surface area contributed by atoms with Crippen molar-refractivity contribution in [1.29, 1.82) is 10.5 Å². The van der Waals surface area contributed by atoms with E-state index in [0.717, 1.165) is 13.0 Å². The van der Waals surface area contributed by atoms with Gasteiger partial charge in [0.2, 0.25) is 5.71 Å². The Bertz CT molecular complexity index is 590. The molecule has 0 saturated heterocycles. The largest absolute Gasteiger partial charge is 0.352 e. The first-order valence-electron chi connectivity index (χ1n) is 6.73. The summed E-state index contributed by atoms with van der Waals surface area (Å²) in [7, 11) is 3.97. The lowest BCUT2D eigenvalue weighted by Crippen LogP contribution is -2.27. The number of nitrogens with zero attached hydrogens (tertiary/aromatic N) is 4. The third kappa shape index (κ3) is 6.04. The highest BCUT2D eigenvalue weighted by atomic mass is 16.1. The first-order valence-corrected chi connectivity index (χ1v) is 6.73. The number of anilines is 1. The smallest absolute Gasteiger partial charge is 0.251 e. The molecule has 0 aliphatic carbocycles. The van der Waals surface area contributed by atoms with Gasteiger partial charge in [0.15, 0.2) is 0 Å². The van der Waals surface area contributed by atoms with Crippen LogP contribution >= 0.6 is 0 Å². The molecule has 0 heterocycles. The zero-order valence-electron chi connectivity index (χ0n) is 12.6. The van der Waals surface area contributed by atoms with Gasteiger partial charge in [0.1, 0.15) is 12.1 Å². The quantitative estimate of drug-likeness (QED) is 0.447. The van der Waals surface area contributed by atoms with Crippen molar-refractivity contribution in [1.82, 2.24) is 10.2 Å². The van der Waals surface area contributed by atoms with Crippen LogP contribution in [0.5, 0.6) is 0 Å². The molecule has 1 rings (SSSR count). The highest BCUT2D eigenvalue weighted by Gasteiger charge is 2.04. The molecular formula is C15H18N6O. The number of carbonyl (C=O) groups is 1. The van der Waals surface area contributed by atoms with Crippen molar-refractivity contribution in [2.75, 3.05) is 32.6 Å². The molecule has 1 aromatic rings. The summed E-state index contributed by atoms with van der Waals surface area (Å²) in [5, 5.41) is 23.6. The van der Waals surface area contributed by atoms with Crippen LogP contribution in [0.15, 0.2) is 29.4 Å².